The average Bonchev–Trinajstić information content (AvgIpc) is 3.80. The molecule has 0 radical (unpaired) electrons. The summed E-state index contributed by atoms with van der Waals surface area (Å²) in [7, 11) is 1.97. The highest BCUT2D eigenvalue weighted by molar-refractivity contribution is 6.09. The average molecular weight is 560 g/mol. The van der Waals surface area contributed by atoms with Crippen molar-refractivity contribution in [3.63, 3.8) is 0 Å². The molecule has 1 aliphatic carbocycles. The number of hydrogen-bond donors (Lipinski definition) is 1. The van der Waals surface area contributed by atoms with Crippen LogP contribution in [0.25, 0.3) is 39.0 Å². The van der Waals surface area contributed by atoms with Gasteiger partial charge in [-0.25, -0.2) is 9.37 Å². The molecular formula is C36H34FN3O2. The Balaban J connectivity index is 1.17. The molecule has 0 atom stereocenters. The zero-order valence-electron chi connectivity index (χ0n) is 24.0. The molecule has 1 aliphatic rings. The van der Waals surface area contributed by atoms with Gasteiger partial charge in [0.1, 0.15) is 11.6 Å². The van der Waals surface area contributed by atoms with Gasteiger partial charge in [0, 0.05) is 47.4 Å². The molecule has 5 aromatic rings. The normalized spacial score (nSPS) is 13.3. The highest BCUT2D eigenvalue weighted by Gasteiger charge is 2.29. The largest absolute Gasteiger partial charge is 0.350 e. The molecule has 3 aromatic carbocycles. The summed E-state index contributed by atoms with van der Waals surface area (Å²) in [6.07, 6.45) is 10.5. The molecule has 0 spiro atoms. The minimum atomic E-state index is -0.231. The first-order valence-corrected chi connectivity index (χ1v) is 14.6. The van der Waals surface area contributed by atoms with Crippen LogP contribution in [0.2, 0.25) is 0 Å². The van der Waals surface area contributed by atoms with E-state index in [-0.39, 0.29) is 23.4 Å². The molecular weight excluding hydrogens is 525 g/mol. The van der Waals surface area contributed by atoms with Gasteiger partial charge in [0.05, 0.1) is 5.52 Å². The lowest BCUT2D eigenvalue weighted by Gasteiger charge is -2.08. The van der Waals surface area contributed by atoms with Crippen molar-refractivity contribution >= 4 is 45.4 Å². The number of aromatic nitrogens is 2. The molecule has 2 aromatic heterocycles. The van der Waals surface area contributed by atoms with Gasteiger partial charge in [-0.15, -0.1) is 0 Å². The van der Waals surface area contributed by atoms with Crippen LogP contribution in [-0.4, -0.2) is 21.2 Å². The molecule has 42 heavy (non-hydrogen) atoms. The summed E-state index contributed by atoms with van der Waals surface area (Å²) in [5.74, 6) is 0.645. The first-order valence-electron chi connectivity index (χ1n) is 14.6. The van der Waals surface area contributed by atoms with Gasteiger partial charge < -0.3 is 9.88 Å². The summed E-state index contributed by atoms with van der Waals surface area (Å²) in [5.41, 5.74) is 6.62. The predicted octanol–water partition coefficient (Wildman–Crippen LogP) is 8.51. The molecule has 6 heteroatoms. The summed E-state index contributed by atoms with van der Waals surface area (Å²) in [6.45, 7) is 1.95. The molecule has 1 N–H and O–H groups in total. The van der Waals surface area contributed by atoms with Gasteiger partial charge in [-0.1, -0.05) is 30.4 Å². The lowest BCUT2D eigenvalue weighted by molar-refractivity contribution is -0.117. The second-order valence-electron chi connectivity index (χ2n) is 11.2. The van der Waals surface area contributed by atoms with E-state index >= 15 is 0 Å². The second kappa shape index (κ2) is 11.7. The Morgan fingerprint density at radius 3 is 2.62 bits per heavy atom. The standard InChI is InChI=1S/C36H34FN3O2/c1-3-6-23-11-15-29(37)20-25(23)7-4-5-8-34(41)31-22-40(2)33-17-13-27(21-30(31)33)26-12-16-32-28(19-26)14-18-35(38-32)39-36(42)24-9-10-24/h3,6,11-22,24H,4-5,7-10H2,1-2H3,(H,38,39,42)/b6-3+. The van der Waals surface area contributed by atoms with Crippen LogP contribution in [0.4, 0.5) is 10.2 Å². The number of fused-ring (bicyclic) bond motifs is 2. The SMILES string of the molecule is C/C=C/c1ccc(F)cc1CCCCC(=O)c1cn(C)c2ccc(-c3ccc4nc(NC(=O)C5CC5)ccc4c3)cc12. The number of nitrogens with zero attached hydrogens (tertiary/aromatic N) is 2. The van der Waals surface area contributed by atoms with Crippen molar-refractivity contribution in [2.75, 3.05) is 5.32 Å². The van der Waals surface area contributed by atoms with Crippen molar-refractivity contribution in [1.82, 2.24) is 9.55 Å². The van der Waals surface area contributed by atoms with Gasteiger partial charge in [0.15, 0.2) is 5.78 Å². The third kappa shape index (κ3) is 5.89. The summed E-state index contributed by atoms with van der Waals surface area (Å²) in [5, 5.41) is 4.84. The van der Waals surface area contributed by atoms with Crippen LogP contribution < -0.4 is 5.32 Å². The maximum Gasteiger partial charge on any atom is 0.228 e. The minimum absolute atomic E-state index is 0.0464. The number of carbonyl (C=O) groups is 2. The Hall–Kier alpha value is -4.58. The fraction of sp³-hybridized carbons (Fsp3) is 0.250. The van der Waals surface area contributed by atoms with E-state index in [4.69, 9.17) is 0 Å². The number of anilines is 1. The van der Waals surface area contributed by atoms with Gasteiger partial charge in [0.25, 0.3) is 0 Å². The van der Waals surface area contributed by atoms with Crippen molar-refractivity contribution in [1.29, 1.82) is 0 Å². The van der Waals surface area contributed by atoms with Crippen LogP contribution in [0.1, 0.15) is 60.5 Å². The number of Topliss-reactive ketones (excluding diaryl/α,β-unsaturated/α-hetero) is 1. The summed E-state index contributed by atoms with van der Waals surface area (Å²) < 4.78 is 15.8. The number of amides is 1. The van der Waals surface area contributed by atoms with Crippen molar-refractivity contribution in [3.8, 4) is 11.1 Å². The minimum Gasteiger partial charge on any atom is -0.350 e. The van der Waals surface area contributed by atoms with Crippen LogP contribution in [0, 0.1) is 11.7 Å². The van der Waals surface area contributed by atoms with Gasteiger partial charge >= 0.3 is 0 Å². The van der Waals surface area contributed by atoms with E-state index in [0.29, 0.717) is 12.2 Å². The van der Waals surface area contributed by atoms with Crippen LogP contribution in [0.15, 0.2) is 79.0 Å². The number of benzene rings is 3. The number of pyridine rings is 1. The molecule has 1 amide bonds. The Kier molecular flexibility index (Phi) is 7.70. The zero-order chi connectivity index (χ0) is 29.2. The van der Waals surface area contributed by atoms with E-state index in [1.54, 1.807) is 6.07 Å². The monoisotopic (exact) mass is 559 g/mol. The van der Waals surface area contributed by atoms with E-state index in [1.807, 2.05) is 67.2 Å². The number of nitrogens with one attached hydrogen (secondary N) is 1. The first-order chi connectivity index (χ1) is 20.4. The Bertz CT molecular complexity index is 1850. The zero-order valence-corrected chi connectivity index (χ0v) is 24.0. The molecule has 212 valence electrons. The van der Waals surface area contributed by atoms with Gasteiger partial charge in [-0.05, 0) is 110 Å². The Labute approximate surface area is 245 Å². The lowest BCUT2D eigenvalue weighted by Crippen LogP contribution is -2.14. The van der Waals surface area contributed by atoms with Gasteiger partial charge in [-0.2, -0.15) is 0 Å². The van der Waals surface area contributed by atoms with Crippen molar-refractivity contribution in [2.45, 2.75) is 45.4 Å². The molecule has 6 rings (SSSR count). The molecule has 1 fully saturated rings. The fourth-order valence-corrected chi connectivity index (χ4v) is 5.61. The third-order valence-corrected chi connectivity index (χ3v) is 8.06. The lowest BCUT2D eigenvalue weighted by atomic mass is 9.97. The number of unbranched alkanes of at least 4 members (excludes halogenated alkanes) is 1. The van der Waals surface area contributed by atoms with Crippen LogP contribution in [0.5, 0.6) is 0 Å². The molecule has 2 heterocycles. The predicted molar refractivity (Wildman–Crippen MR) is 168 cm³/mol. The summed E-state index contributed by atoms with van der Waals surface area (Å²) in [6, 6.07) is 21.0. The van der Waals surface area contributed by atoms with Crippen molar-refractivity contribution in [2.24, 2.45) is 13.0 Å². The molecule has 1 saturated carbocycles. The van der Waals surface area contributed by atoms with Crippen LogP contribution in [0.3, 0.4) is 0 Å². The molecule has 0 aliphatic heterocycles. The molecule has 5 nitrogen and oxygen atoms in total. The summed E-state index contributed by atoms with van der Waals surface area (Å²) in [4.78, 5) is 30.1. The third-order valence-electron chi connectivity index (χ3n) is 8.06. The van der Waals surface area contributed by atoms with E-state index < -0.39 is 0 Å². The van der Waals surface area contributed by atoms with Crippen LogP contribution in [-0.2, 0) is 18.3 Å². The number of hydrogen-bond acceptors (Lipinski definition) is 3. The second-order valence-corrected chi connectivity index (χ2v) is 11.2. The topological polar surface area (TPSA) is 64.0 Å². The Morgan fingerprint density at radius 1 is 1.00 bits per heavy atom. The van der Waals surface area contributed by atoms with E-state index in [1.165, 1.54) is 6.07 Å². The Morgan fingerprint density at radius 2 is 1.81 bits per heavy atom. The highest BCUT2D eigenvalue weighted by Crippen LogP contribution is 2.32. The maximum absolute atomic E-state index is 13.8. The van der Waals surface area contributed by atoms with Crippen molar-refractivity contribution < 1.29 is 14.0 Å². The first kappa shape index (κ1) is 27.6. The number of aryl methyl sites for hydroxylation is 2. The summed E-state index contributed by atoms with van der Waals surface area (Å²) >= 11 is 0. The van der Waals surface area contributed by atoms with Gasteiger partial charge in [0.2, 0.25) is 5.91 Å². The maximum atomic E-state index is 13.8. The molecule has 0 bridgehead atoms. The van der Waals surface area contributed by atoms with Crippen LogP contribution >= 0.6 is 0 Å². The molecule has 0 unspecified atom stereocenters. The smallest absolute Gasteiger partial charge is 0.228 e. The van der Waals surface area contributed by atoms with E-state index in [9.17, 15) is 14.0 Å². The highest BCUT2D eigenvalue weighted by atomic mass is 19.1. The number of ketones is 1. The quantitative estimate of drug-likeness (QED) is 0.138. The van der Waals surface area contributed by atoms with E-state index in [0.717, 1.165) is 81.7 Å². The van der Waals surface area contributed by atoms with Gasteiger partial charge in [-0.3, -0.25) is 9.59 Å². The van der Waals surface area contributed by atoms with E-state index in [2.05, 4.69) is 34.6 Å². The fourth-order valence-electron chi connectivity index (χ4n) is 5.61. The number of carbonyl (C=O) groups excluding carboxylic acids is 2. The molecule has 0 saturated heterocycles. The van der Waals surface area contributed by atoms with Crippen molar-refractivity contribution in [3.05, 3.63) is 102 Å². The number of allylic oxidation sites excluding steroid dienone is 1. The number of halogens is 1. The number of rotatable bonds is 10.